The minimum absolute atomic E-state index is 0.0336. The van der Waals surface area contributed by atoms with Crippen LogP contribution in [-0.4, -0.2) is 10.8 Å². The van der Waals surface area contributed by atoms with Crippen LogP contribution < -0.4 is 5.73 Å². The average Bonchev–Trinajstić information content (AvgIpc) is 2.64. The van der Waals surface area contributed by atoms with Crippen LogP contribution in [0, 0.1) is 12.3 Å². The Balaban J connectivity index is 2.50. The van der Waals surface area contributed by atoms with Crippen molar-refractivity contribution in [1.82, 2.24) is 4.98 Å². The second-order valence-electron chi connectivity index (χ2n) is 3.48. The molecule has 0 amide bonds. The fraction of sp³-hybridized carbons (Fsp3) is 0.0909. The highest BCUT2D eigenvalue weighted by molar-refractivity contribution is 7.17. The fourth-order valence-electron chi connectivity index (χ4n) is 1.40. The Bertz CT molecular complexity index is 592. The monoisotopic (exact) mass is 285 g/mol. The van der Waals surface area contributed by atoms with E-state index in [0.29, 0.717) is 14.9 Å². The number of rotatable bonds is 2. The summed E-state index contributed by atoms with van der Waals surface area (Å²) in [4.78, 5) is 5.06. The van der Waals surface area contributed by atoms with Crippen LogP contribution in [0.25, 0.3) is 10.6 Å². The van der Waals surface area contributed by atoms with E-state index in [1.807, 2.05) is 13.0 Å². The van der Waals surface area contributed by atoms with Gasteiger partial charge in [0, 0.05) is 5.56 Å². The van der Waals surface area contributed by atoms with Crippen LogP contribution in [0.15, 0.2) is 18.2 Å². The SMILES string of the molecule is Cc1nc(-c2ccc(Cl)c(Cl)c2)sc1C(=N)N. The molecule has 17 heavy (non-hydrogen) atoms. The molecule has 0 aliphatic heterocycles. The molecule has 0 radical (unpaired) electrons. The van der Waals surface area contributed by atoms with Gasteiger partial charge in [-0.25, -0.2) is 4.98 Å². The third-order valence-corrected chi connectivity index (χ3v) is 4.19. The number of nitrogens with zero attached hydrogens (tertiary/aromatic N) is 1. The van der Waals surface area contributed by atoms with Gasteiger partial charge in [-0.15, -0.1) is 11.3 Å². The topological polar surface area (TPSA) is 62.8 Å². The molecule has 0 aliphatic carbocycles. The lowest BCUT2D eigenvalue weighted by Gasteiger charge is -1.98. The Morgan fingerprint density at radius 2 is 2.06 bits per heavy atom. The van der Waals surface area contributed by atoms with Crippen LogP contribution >= 0.6 is 34.5 Å². The highest BCUT2D eigenvalue weighted by Crippen LogP contribution is 2.32. The van der Waals surface area contributed by atoms with Crippen LogP contribution in [0.4, 0.5) is 0 Å². The van der Waals surface area contributed by atoms with Crippen molar-refractivity contribution in [3.05, 3.63) is 38.8 Å². The van der Waals surface area contributed by atoms with Crippen LogP contribution in [0.2, 0.25) is 10.0 Å². The first kappa shape index (κ1) is 12.4. The lowest BCUT2D eigenvalue weighted by Crippen LogP contribution is -2.10. The molecular formula is C11H9Cl2N3S. The maximum absolute atomic E-state index is 7.43. The third-order valence-electron chi connectivity index (χ3n) is 2.21. The van der Waals surface area contributed by atoms with Crippen molar-refractivity contribution in [3.8, 4) is 10.6 Å². The Labute approximate surface area is 113 Å². The molecule has 88 valence electrons. The lowest BCUT2D eigenvalue weighted by atomic mass is 10.2. The minimum Gasteiger partial charge on any atom is -0.383 e. The number of nitrogen functional groups attached to an aromatic ring is 1. The molecule has 0 unspecified atom stereocenters. The number of benzene rings is 1. The minimum atomic E-state index is 0.0336. The van der Waals surface area contributed by atoms with Gasteiger partial charge in [-0.1, -0.05) is 29.3 Å². The molecule has 0 atom stereocenters. The normalized spacial score (nSPS) is 10.5. The molecule has 3 N–H and O–H groups in total. The molecule has 0 saturated heterocycles. The number of nitrogens with one attached hydrogen (secondary N) is 1. The van der Waals surface area contributed by atoms with Crippen LogP contribution in [0.1, 0.15) is 10.6 Å². The van der Waals surface area contributed by atoms with Crippen molar-refractivity contribution in [2.75, 3.05) is 0 Å². The van der Waals surface area contributed by atoms with Crippen molar-refractivity contribution in [1.29, 1.82) is 5.41 Å². The molecule has 0 saturated carbocycles. The molecule has 6 heteroatoms. The average molecular weight is 286 g/mol. The number of halogens is 2. The van der Waals surface area contributed by atoms with Crippen LogP contribution in [0.5, 0.6) is 0 Å². The largest absolute Gasteiger partial charge is 0.383 e. The quantitative estimate of drug-likeness (QED) is 0.653. The van der Waals surface area contributed by atoms with E-state index in [0.717, 1.165) is 16.3 Å². The van der Waals surface area contributed by atoms with Gasteiger partial charge in [0.25, 0.3) is 0 Å². The molecule has 0 spiro atoms. The number of aromatic nitrogens is 1. The summed E-state index contributed by atoms with van der Waals surface area (Å²) in [5.74, 6) is 0.0336. The molecule has 0 bridgehead atoms. The molecular weight excluding hydrogens is 277 g/mol. The van der Waals surface area contributed by atoms with Gasteiger partial charge in [0.15, 0.2) is 0 Å². The van der Waals surface area contributed by atoms with E-state index in [9.17, 15) is 0 Å². The molecule has 1 aromatic carbocycles. The smallest absolute Gasteiger partial charge is 0.135 e. The highest BCUT2D eigenvalue weighted by atomic mass is 35.5. The van der Waals surface area contributed by atoms with Crippen LogP contribution in [0.3, 0.4) is 0 Å². The summed E-state index contributed by atoms with van der Waals surface area (Å²) in [6.07, 6.45) is 0. The summed E-state index contributed by atoms with van der Waals surface area (Å²) in [7, 11) is 0. The van der Waals surface area contributed by atoms with Gasteiger partial charge in [0.2, 0.25) is 0 Å². The van der Waals surface area contributed by atoms with E-state index in [2.05, 4.69) is 4.98 Å². The van der Waals surface area contributed by atoms with E-state index in [4.69, 9.17) is 34.3 Å². The Kier molecular flexibility index (Phi) is 3.38. The van der Waals surface area contributed by atoms with Gasteiger partial charge in [0.1, 0.15) is 10.8 Å². The third kappa shape index (κ3) is 2.44. The van der Waals surface area contributed by atoms with E-state index < -0.39 is 0 Å². The van der Waals surface area contributed by atoms with Gasteiger partial charge in [-0.2, -0.15) is 0 Å². The molecule has 2 rings (SSSR count). The molecule has 0 aliphatic rings. The molecule has 1 heterocycles. The van der Waals surface area contributed by atoms with Crippen molar-refractivity contribution in [2.24, 2.45) is 5.73 Å². The molecule has 0 fully saturated rings. The van der Waals surface area contributed by atoms with Gasteiger partial charge in [-0.3, -0.25) is 5.41 Å². The predicted molar refractivity (Wildman–Crippen MR) is 73.3 cm³/mol. The van der Waals surface area contributed by atoms with Crippen molar-refractivity contribution in [3.63, 3.8) is 0 Å². The zero-order valence-electron chi connectivity index (χ0n) is 8.92. The highest BCUT2D eigenvalue weighted by Gasteiger charge is 2.12. The molecule has 1 aromatic heterocycles. The first-order valence-electron chi connectivity index (χ1n) is 4.76. The number of nitrogens with two attached hydrogens (primary N) is 1. The lowest BCUT2D eigenvalue weighted by molar-refractivity contribution is 1.25. The number of thiazole rings is 1. The fourth-order valence-corrected chi connectivity index (χ4v) is 2.62. The van der Waals surface area contributed by atoms with Crippen molar-refractivity contribution < 1.29 is 0 Å². The van der Waals surface area contributed by atoms with E-state index in [-0.39, 0.29) is 5.84 Å². The maximum Gasteiger partial charge on any atom is 0.135 e. The summed E-state index contributed by atoms with van der Waals surface area (Å²) >= 11 is 13.2. The molecule has 3 nitrogen and oxygen atoms in total. The summed E-state index contributed by atoms with van der Waals surface area (Å²) in [5, 5.41) is 9.21. The standard InChI is InChI=1S/C11H9Cl2N3S/c1-5-9(10(14)15)17-11(16-5)6-2-3-7(12)8(13)4-6/h2-4H,1H3,(H3,14,15). The van der Waals surface area contributed by atoms with Gasteiger partial charge >= 0.3 is 0 Å². The van der Waals surface area contributed by atoms with Crippen molar-refractivity contribution >= 4 is 40.4 Å². The number of aryl methyl sites for hydroxylation is 1. The second kappa shape index (κ2) is 4.64. The Morgan fingerprint density at radius 1 is 1.35 bits per heavy atom. The van der Waals surface area contributed by atoms with Crippen molar-refractivity contribution in [2.45, 2.75) is 6.92 Å². The van der Waals surface area contributed by atoms with E-state index >= 15 is 0 Å². The summed E-state index contributed by atoms with van der Waals surface area (Å²) in [6, 6.07) is 5.33. The Hall–Kier alpha value is -1.10. The first-order chi connectivity index (χ1) is 7.99. The maximum atomic E-state index is 7.43. The van der Waals surface area contributed by atoms with Crippen LogP contribution in [-0.2, 0) is 0 Å². The molecule has 2 aromatic rings. The van der Waals surface area contributed by atoms with Gasteiger partial charge in [-0.05, 0) is 19.1 Å². The number of hydrogen-bond acceptors (Lipinski definition) is 3. The zero-order chi connectivity index (χ0) is 12.6. The predicted octanol–water partition coefficient (Wildman–Crippen LogP) is 3.71. The summed E-state index contributed by atoms with van der Waals surface area (Å²) < 4.78 is 0. The summed E-state index contributed by atoms with van der Waals surface area (Å²) in [6.45, 7) is 1.83. The van der Waals surface area contributed by atoms with Gasteiger partial charge < -0.3 is 5.73 Å². The second-order valence-corrected chi connectivity index (χ2v) is 5.29. The van der Waals surface area contributed by atoms with E-state index in [1.165, 1.54) is 11.3 Å². The first-order valence-corrected chi connectivity index (χ1v) is 6.33. The van der Waals surface area contributed by atoms with Gasteiger partial charge in [0.05, 0.1) is 20.6 Å². The zero-order valence-corrected chi connectivity index (χ0v) is 11.2. The number of amidine groups is 1. The summed E-state index contributed by atoms with van der Waals surface area (Å²) in [5.41, 5.74) is 7.09. The Morgan fingerprint density at radius 3 is 2.59 bits per heavy atom. The van der Waals surface area contributed by atoms with E-state index in [1.54, 1.807) is 12.1 Å². The number of hydrogen-bond donors (Lipinski definition) is 2.